The molecule has 0 unspecified atom stereocenters. The molecular formula is C17H26N2O2S. The highest BCUT2D eigenvalue weighted by Crippen LogP contribution is 2.35. The van der Waals surface area contributed by atoms with Gasteiger partial charge in [-0.25, -0.2) is 8.42 Å². The third kappa shape index (κ3) is 2.22. The van der Waals surface area contributed by atoms with Gasteiger partial charge in [-0.2, -0.15) is 4.31 Å². The van der Waals surface area contributed by atoms with E-state index >= 15 is 0 Å². The zero-order chi connectivity index (χ0) is 16.2. The molecule has 2 heterocycles. The molecule has 3 rings (SSSR count). The van der Waals surface area contributed by atoms with E-state index in [1.807, 2.05) is 27.7 Å². The fourth-order valence-corrected chi connectivity index (χ4v) is 6.10. The van der Waals surface area contributed by atoms with Gasteiger partial charge in [0.05, 0.1) is 4.90 Å². The minimum Gasteiger partial charge on any atom is -0.316 e. The average molecular weight is 322 g/mol. The molecule has 2 saturated heterocycles. The van der Waals surface area contributed by atoms with Crippen LogP contribution in [0.15, 0.2) is 4.90 Å². The van der Waals surface area contributed by atoms with E-state index in [1.54, 1.807) is 4.31 Å². The van der Waals surface area contributed by atoms with Gasteiger partial charge >= 0.3 is 0 Å². The lowest BCUT2D eigenvalue weighted by molar-refractivity contribution is 0.447. The largest absolute Gasteiger partial charge is 0.316 e. The van der Waals surface area contributed by atoms with Crippen molar-refractivity contribution in [2.75, 3.05) is 26.2 Å². The number of rotatable bonds is 2. The molecule has 0 bridgehead atoms. The normalized spacial score (nSPS) is 25.7. The number of hydrogen-bond acceptors (Lipinski definition) is 3. The Bertz CT molecular complexity index is 684. The second kappa shape index (κ2) is 5.32. The van der Waals surface area contributed by atoms with Gasteiger partial charge in [-0.05, 0) is 87.4 Å². The Hall–Kier alpha value is -0.910. The van der Waals surface area contributed by atoms with Crippen molar-refractivity contribution in [3.05, 3.63) is 27.8 Å². The maximum absolute atomic E-state index is 13.2. The lowest BCUT2D eigenvalue weighted by Crippen LogP contribution is -2.33. The molecule has 0 aliphatic carbocycles. The minimum absolute atomic E-state index is 0.475. The van der Waals surface area contributed by atoms with Gasteiger partial charge in [0.25, 0.3) is 0 Å². The zero-order valence-corrected chi connectivity index (χ0v) is 15.0. The number of nitrogens with zero attached hydrogens (tertiary/aromatic N) is 1. The number of hydrogen-bond donors (Lipinski definition) is 1. The van der Waals surface area contributed by atoms with Crippen molar-refractivity contribution in [3.8, 4) is 0 Å². The summed E-state index contributed by atoms with van der Waals surface area (Å²) in [7, 11) is -3.40. The van der Waals surface area contributed by atoms with E-state index in [0.29, 0.717) is 29.8 Å². The maximum atomic E-state index is 13.2. The molecule has 0 amide bonds. The zero-order valence-electron chi connectivity index (χ0n) is 14.2. The van der Waals surface area contributed by atoms with E-state index in [0.717, 1.165) is 35.3 Å². The van der Waals surface area contributed by atoms with Crippen molar-refractivity contribution in [2.45, 2.75) is 39.5 Å². The van der Waals surface area contributed by atoms with Crippen LogP contribution in [0.5, 0.6) is 0 Å². The molecule has 4 nitrogen and oxygen atoms in total. The lowest BCUT2D eigenvalue weighted by Gasteiger charge is -2.23. The summed E-state index contributed by atoms with van der Waals surface area (Å²) >= 11 is 0. The molecule has 2 fully saturated rings. The second-order valence-electron chi connectivity index (χ2n) is 6.95. The first-order chi connectivity index (χ1) is 10.2. The van der Waals surface area contributed by atoms with Crippen LogP contribution in [0.1, 0.15) is 27.8 Å². The summed E-state index contributed by atoms with van der Waals surface area (Å²) in [6.45, 7) is 13.2. The number of benzene rings is 1. The van der Waals surface area contributed by atoms with Crippen LogP contribution in [0, 0.1) is 46.5 Å². The smallest absolute Gasteiger partial charge is 0.243 e. The summed E-state index contributed by atoms with van der Waals surface area (Å²) in [5.41, 5.74) is 5.23. The molecule has 1 N–H and O–H groups in total. The number of nitrogens with one attached hydrogen (secondary N) is 1. The van der Waals surface area contributed by atoms with Gasteiger partial charge < -0.3 is 5.32 Å². The predicted octanol–water partition coefficient (Wildman–Crippen LogP) is 2.07. The van der Waals surface area contributed by atoms with E-state index in [9.17, 15) is 8.42 Å². The van der Waals surface area contributed by atoms with Crippen LogP contribution in [0.25, 0.3) is 0 Å². The van der Waals surface area contributed by atoms with Crippen molar-refractivity contribution in [2.24, 2.45) is 11.8 Å². The third-order valence-corrected chi connectivity index (χ3v) is 7.99. The van der Waals surface area contributed by atoms with E-state index < -0.39 is 10.0 Å². The number of fused-ring (bicyclic) bond motifs is 1. The molecule has 1 aromatic carbocycles. The van der Waals surface area contributed by atoms with Crippen molar-refractivity contribution >= 4 is 10.0 Å². The van der Waals surface area contributed by atoms with Crippen LogP contribution in [0.4, 0.5) is 0 Å². The van der Waals surface area contributed by atoms with Crippen molar-refractivity contribution in [1.29, 1.82) is 0 Å². The van der Waals surface area contributed by atoms with Crippen LogP contribution in [0.3, 0.4) is 0 Å². The first-order valence-electron chi connectivity index (χ1n) is 8.03. The summed E-state index contributed by atoms with van der Waals surface area (Å²) in [4.78, 5) is 0.543. The molecule has 0 saturated carbocycles. The monoisotopic (exact) mass is 322 g/mol. The van der Waals surface area contributed by atoms with Gasteiger partial charge in [-0.3, -0.25) is 0 Å². The first kappa shape index (κ1) is 16.0. The van der Waals surface area contributed by atoms with Crippen LogP contribution < -0.4 is 5.32 Å². The Morgan fingerprint density at radius 3 is 1.68 bits per heavy atom. The van der Waals surface area contributed by atoms with Gasteiger partial charge in [-0.15, -0.1) is 0 Å². The molecule has 2 aliphatic heterocycles. The average Bonchev–Trinajstić information content (AvgIpc) is 3.04. The summed E-state index contributed by atoms with van der Waals surface area (Å²) in [6, 6.07) is 0. The molecule has 0 spiro atoms. The maximum Gasteiger partial charge on any atom is 0.243 e. The predicted molar refractivity (Wildman–Crippen MR) is 88.7 cm³/mol. The first-order valence-corrected chi connectivity index (χ1v) is 9.47. The molecule has 2 atom stereocenters. The lowest BCUT2D eigenvalue weighted by atomic mass is 9.95. The highest BCUT2D eigenvalue weighted by molar-refractivity contribution is 7.89. The summed E-state index contributed by atoms with van der Waals surface area (Å²) in [5, 5.41) is 3.36. The topological polar surface area (TPSA) is 49.4 Å². The SMILES string of the molecule is Cc1c(C)c(C)c(S(=O)(=O)N2C[C@H]3CNC[C@H]3C2)c(C)c1C. The Kier molecular flexibility index (Phi) is 3.86. The Morgan fingerprint density at radius 2 is 1.23 bits per heavy atom. The van der Waals surface area contributed by atoms with Crippen LogP contribution in [-0.2, 0) is 10.0 Å². The highest BCUT2D eigenvalue weighted by Gasteiger charge is 2.42. The fraction of sp³-hybridized carbons (Fsp3) is 0.647. The summed E-state index contributed by atoms with van der Waals surface area (Å²) in [6.07, 6.45) is 0. The molecular weight excluding hydrogens is 296 g/mol. The van der Waals surface area contributed by atoms with Gasteiger partial charge in [0.2, 0.25) is 10.0 Å². The molecule has 0 radical (unpaired) electrons. The van der Waals surface area contributed by atoms with Gasteiger partial charge in [0, 0.05) is 13.1 Å². The van der Waals surface area contributed by atoms with E-state index in [4.69, 9.17) is 0 Å². The van der Waals surface area contributed by atoms with Gasteiger partial charge in [0.1, 0.15) is 0 Å². The van der Waals surface area contributed by atoms with Crippen LogP contribution >= 0.6 is 0 Å². The standard InChI is InChI=1S/C17H26N2O2S/c1-10-11(2)13(4)17(14(5)12(10)3)22(20,21)19-8-15-6-18-7-16(15)9-19/h15-16,18H,6-9H2,1-5H3/t15-,16+. The van der Waals surface area contributed by atoms with Crippen molar-refractivity contribution in [1.82, 2.24) is 9.62 Å². The van der Waals surface area contributed by atoms with Crippen molar-refractivity contribution in [3.63, 3.8) is 0 Å². The highest BCUT2D eigenvalue weighted by atomic mass is 32.2. The van der Waals surface area contributed by atoms with Crippen molar-refractivity contribution < 1.29 is 8.42 Å². The van der Waals surface area contributed by atoms with Crippen LogP contribution in [-0.4, -0.2) is 38.9 Å². The molecule has 5 heteroatoms. The minimum atomic E-state index is -3.40. The molecule has 22 heavy (non-hydrogen) atoms. The van der Waals surface area contributed by atoms with Gasteiger partial charge in [0.15, 0.2) is 0 Å². The quantitative estimate of drug-likeness (QED) is 0.907. The van der Waals surface area contributed by atoms with Crippen LogP contribution in [0.2, 0.25) is 0 Å². The molecule has 2 aliphatic rings. The van der Waals surface area contributed by atoms with E-state index in [1.165, 1.54) is 5.56 Å². The fourth-order valence-electron chi connectivity index (χ4n) is 3.99. The molecule has 0 aromatic heterocycles. The Labute approximate surface area is 134 Å². The second-order valence-corrected chi connectivity index (χ2v) is 8.83. The van der Waals surface area contributed by atoms with Gasteiger partial charge in [-0.1, -0.05) is 0 Å². The van der Waals surface area contributed by atoms with E-state index in [2.05, 4.69) is 12.2 Å². The summed E-state index contributed by atoms with van der Waals surface area (Å²) < 4.78 is 28.2. The Morgan fingerprint density at radius 1 is 0.818 bits per heavy atom. The third-order valence-electron chi connectivity index (χ3n) is 5.89. The van der Waals surface area contributed by atoms with E-state index in [-0.39, 0.29) is 0 Å². The number of sulfonamides is 1. The summed E-state index contributed by atoms with van der Waals surface area (Å²) in [5.74, 6) is 0.950. The molecule has 122 valence electrons. The molecule has 1 aromatic rings. The Balaban J connectivity index is 2.07.